The second-order valence-corrected chi connectivity index (χ2v) is 6.21. The number of rotatable bonds is 6. The fourth-order valence-corrected chi connectivity index (χ4v) is 2.83. The van der Waals surface area contributed by atoms with Crippen LogP contribution < -0.4 is 21.4 Å². The fraction of sp³-hybridized carbons (Fsp3) is 0.150. The number of halogens is 2. The molecular weight excluding hydrogens is 386 g/mol. The molecule has 1 aromatic heterocycles. The molecule has 3 rings (SSSR count). The number of nitrogens with two attached hydrogens (primary N) is 1. The summed E-state index contributed by atoms with van der Waals surface area (Å²) in [6, 6.07) is 7.36. The Morgan fingerprint density at radius 1 is 1.14 bits per heavy atom. The van der Waals surface area contributed by atoms with Crippen LogP contribution in [0.3, 0.4) is 0 Å². The highest BCUT2D eigenvalue weighted by Crippen LogP contribution is 2.23. The van der Waals surface area contributed by atoms with Crippen molar-refractivity contribution in [3.05, 3.63) is 75.6 Å². The van der Waals surface area contributed by atoms with E-state index in [9.17, 15) is 23.2 Å². The molecule has 2 amide bonds. The number of methoxy groups -OCH3 is 1. The SMILES string of the molecule is COc1ccc2c(C[C@@H](NC(=O)c3ccc(F)c(F)c3)C(N)=O)cc(=O)oc2c1. The quantitative estimate of drug-likeness (QED) is 0.612. The van der Waals surface area contributed by atoms with E-state index in [1.54, 1.807) is 12.1 Å². The van der Waals surface area contributed by atoms with Crippen LogP contribution in [0.2, 0.25) is 0 Å². The third-order valence-corrected chi connectivity index (χ3v) is 4.29. The van der Waals surface area contributed by atoms with Gasteiger partial charge >= 0.3 is 5.63 Å². The number of ether oxygens (including phenoxy) is 1. The third kappa shape index (κ3) is 4.40. The number of carbonyl (C=O) groups excluding carboxylic acids is 2. The molecule has 1 atom stereocenters. The maximum atomic E-state index is 13.4. The van der Waals surface area contributed by atoms with Crippen molar-refractivity contribution in [2.75, 3.05) is 7.11 Å². The highest BCUT2D eigenvalue weighted by Gasteiger charge is 2.22. The zero-order valence-corrected chi connectivity index (χ0v) is 15.2. The van der Waals surface area contributed by atoms with E-state index in [1.807, 2.05) is 0 Å². The molecule has 0 saturated carbocycles. The van der Waals surface area contributed by atoms with Crippen molar-refractivity contribution in [3.8, 4) is 5.75 Å². The summed E-state index contributed by atoms with van der Waals surface area (Å²) in [5.41, 5.74) is 5.19. The Morgan fingerprint density at radius 3 is 2.55 bits per heavy atom. The van der Waals surface area contributed by atoms with E-state index in [-0.39, 0.29) is 17.6 Å². The summed E-state index contributed by atoms with van der Waals surface area (Å²) in [5, 5.41) is 2.90. The summed E-state index contributed by atoms with van der Waals surface area (Å²) in [6.07, 6.45) is -0.112. The van der Waals surface area contributed by atoms with E-state index in [1.165, 1.54) is 19.2 Å². The van der Waals surface area contributed by atoms with Crippen LogP contribution in [0, 0.1) is 11.6 Å². The minimum atomic E-state index is -1.21. The van der Waals surface area contributed by atoms with E-state index in [4.69, 9.17) is 14.9 Å². The number of benzene rings is 2. The van der Waals surface area contributed by atoms with Gasteiger partial charge < -0.3 is 20.2 Å². The van der Waals surface area contributed by atoms with Gasteiger partial charge in [0.25, 0.3) is 5.91 Å². The van der Waals surface area contributed by atoms with E-state index >= 15 is 0 Å². The highest BCUT2D eigenvalue weighted by atomic mass is 19.2. The van der Waals surface area contributed by atoms with Gasteiger partial charge in [-0.3, -0.25) is 9.59 Å². The minimum Gasteiger partial charge on any atom is -0.497 e. The van der Waals surface area contributed by atoms with Gasteiger partial charge in [0.15, 0.2) is 11.6 Å². The van der Waals surface area contributed by atoms with Crippen molar-refractivity contribution in [1.29, 1.82) is 0 Å². The molecule has 3 aromatic rings. The summed E-state index contributed by atoms with van der Waals surface area (Å²) in [7, 11) is 1.46. The Hall–Kier alpha value is -3.75. The van der Waals surface area contributed by atoms with Gasteiger partial charge in [0.2, 0.25) is 5.91 Å². The number of fused-ring (bicyclic) bond motifs is 1. The van der Waals surface area contributed by atoms with Crippen LogP contribution in [-0.2, 0) is 11.2 Å². The summed E-state index contributed by atoms with van der Waals surface area (Å²) in [6.45, 7) is 0. The monoisotopic (exact) mass is 402 g/mol. The number of hydrogen-bond donors (Lipinski definition) is 2. The van der Waals surface area contributed by atoms with Gasteiger partial charge in [0, 0.05) is 29.5 Å². The van der Waals surface area contributed by atoms with Crippen LogP contribution in [0.25, 0.3) is 11.0 Å². The maximum absolute atomic E-state index is 13.4. The van der Waals surface area contributed by atoms with Crippen molar-refractivity contribution in [3.63, 3.8) is 0 Å². The van der Waals surface area contributed by atoms with Crippen molar-refractivity contribution in [2.45, 2.75) is 12.5 Å². The summed E-state index contributed by atoms with van der Waals surface area (Å²) in [4.78, 5) is 36.1. The lowest BCUT2D eigenvalue weighted by atomic mass is 10.0. The van der Waals surface area contributed by atoms with Crippen molar-refractivity contribution in [2.24, 2.45) is 5.73 Å². The van der Waals surface area contributed by atoms with Gasteiger partial charge in [0.1, 0.15) is 17.4 Å². The lowest BCUT2D eigenvalue weighted by molar-refractivity contribution is -0.119. The van der Waals surface area contributed by atoms with Gasteiger partial charge in [-0.05, 0) is 35.9 Å². The number of primary amides is 1. The summed E-state index contributed by atoms with van der Waals surface area (Å²) in [5.74, 6) is -3.52. The average molecular weight is 402 g/mol. The lowest BCUT2D eigenvalue weighted by Gasteiger charge is -2.16. The molecule has 0 aliphatic rings. The molecule has 0 bridgehead atoms. The van der Waals surface area contributed by atoms with E-state index in [2.05, 4.69) is 5.32 Å². The maximum Gasteiger partial charge on any atom is 0.336 e. The fourth-order valence-electron chi connectivity index (χ4n) is 2.83. The zero-order valence-electron chi connectivity index (χ0n) is 15.2. The molecule has 0 spiro atoms. The van der Waals surface area contributed by atoms with Gasteiger partial charge in [-0.2, -0.15) is 0 Å². The molecule has 0 fully saturated rings. The largest absolute Gasteiger partial charge is 0.497 e. The molecule has 0 unspecified atom stereocenters. The molecule has 0 aliphatic carbocycles. The normalized spacial score (nSPS) is 11.8. The molecule has 0 radical (unpaired) electrons. The molecular formula is C20H16F2N2O5. The highest BCUT2D eigenvalue weighted by molar-refractivity contribution is 5.97. The third-order valence-electron chi connectivity index (χ3n) is 4.29. The first kappa shape index (κ1) is 20.0. The Morgan fingerprint density at radius 2 is 1.90 bits per heavy atom. The molecule has 1 heterocycles. The van der Waals surface area contributed by atoms with Gasteiger partial charge in [-0.15, -0.1) is 0 Å². The average Bonchev–Trinajstić information content (AvgIpc) is 2.68. The molecule has 0 saturated heterocycles. The molecule has 29 heavy (non-hydrogen) atoms. The first-order valence-corrected chi connectivity index (χ1v) is 8.44. The minimum absolute atomic E-state index is 0.112. The van der Waals surface area contributed by atoms with Gasteiger partial charge in [-0.25, -0.2) is 13.6 Å². The second-order valence-electron chi connectivity index (χ2n) is 6.21. The van der Waals surface area contributed by atoms with Crippen LogP contribution in [0.5, 0.6) is 5.75 Å². The second kappa shape index (κ2) is 8.09. The molecule has 0 aliphatic heterocycles. The van der Waals surface area contributed by atoms with Crippen molar-refractivity contribution in [1.82, 2.24) is 5.32 Å². The lowest BCUT2D eigenvalue weighted by Crippen LogP contribution is -2.46. The Bertz CT molecular complexity index is 1160. The van der Waals surface area contributed by atoms with Gasteiger partial charge in [-0.1, -0.05) is 0 Å². The molecule has 2 aromatic carbocycles. The van der Waals surface area contributed by atoms with Crippen LogP contribution in [-0.4, -0.2) is 25.0 Å². The zero-order chi connectivity index (χ0) is 21.1. The first-order chi connectivity index (χ1) is 13.8. The predicted octanol–water partition coefficient (Wildman–Crippen LogP) is 1.91. The van der Waals surface area contributed by atoms with Crippen LogP contribution in [0.15, 0.2) is 51.7 Å². The van der Waals surface area contributed by atoms with E-state index in [0.717, 1.165) is 12.1 Å². The topological polar surface area (TPSA) is 112 Å². The number of carbonyl (C=O) groups is 2. The standard InChI is InChI=1S/C20H16F2N2O5/c1-28-12-3-4-13-11(8-18(25)29-17(13)9-12)7-16(19(23)26)24-20(27)10-2-5-14(21)15(22)6-10/h2-6,8-9,16H,7H2,1H3,(H2,23,26)(H,24,27)/t16-/m1/s1. The van der Waals surface area contributed by atoms with Crippen LogP contribution >= 0.6 is 0 Å². The van der Waals surface area contributed by atoms with Crippen molar-refractivity contribution < 1.29 is 27.5 Å². The van der Waals surface area contributed by atoms with E-state index < -0.39 is 35.1 Å². The molecule has 3 N–H and O–H groups in total. The number of nitrogens with one attached hydrogen (secondary N) is 1. The molecule has 9 heteroatoms. The van der Waals surface area contributed by atoms with Crippen LogP contribution in [0.1, 0.15) is 15.9 Å². The van der Waals surface area contributed by atoms with Gasteiger partial charge in [0.05, 0.1) is 7.11 Å². The van der Waals surface area contributed by atoms with Crippen molar-refractivity contribution >= 4 is 22.8 Å². The van der Waals surface area contributed by atoms with Crippen LogP contribution in [0.4, 0.5) is 8.78 Å². The van der Waals surface area contributed by atoms with E-state index in [0.29, 0.717) is 22.8 Å². The summed E-state index contributed by atoms with van der Waals surface area (Å²) < 4.78 is 36.6. The Kier molecular flexibility index (Phi) is 5.58. The molecule has 150 valence electrons. The predicted molar refractivity (Wildman–Crippen MR) is 99.5 cm³/mol. The number of hydrogen-bond acceptors (Lipinski definition) is 5. The number of amides is 2. The smallest absolute Gasteiger partial charge is 0.336 e. The first-order valence-electron chi connectivity index (χ1n) is 8.44. The Labute approximate surface area is 163 Å². The Balaban J connectivity index is 1.91. The summed E-state index contributed by atoms with van der Waals surface area (Å²) >= 11 is 0. The molecule has 7 nitrogen and oxygen atoms in total.